The topological polar surface area (TPSA) is 18.5 Å². The predicted molar refractivity (Wildman–Crippen MR) is 114 cm³/mol. The molecule has 0 N–H and O–H groups in total. The average Bonchev–Trinajstić information content (AvgIpc) is 3.27. The van der Waals surface area contributed by atoms with Crippen LogP contribution in [0.2, 0.25) is 0 Å². The fourth-order valence-electron chi connectivity index (χ4n) is 4.24. The zero-order valence-corrected chi connectivity index (χ0v) is 21.6. The third-order valence-corrected chi connectivity index (χ3v) is 7.21. The van der Waals surface area contributed by atoms with E-state index in [2.05, 4.69) is 37.4 Å². The van der Waals surface area contributed by atoms with E-state index < -0.39 is 0 Å². The first-order valence-corrected chi connectivity index (χ1v) is 11.1. The molecule has 2 nitrogen and oxygen atoms in total. The van der Waals surface area contributed by atoms with Crippen molar-refractivity contribution in [2.24, 2.45) is 11.8 Å². The maximum Gasteiger partial charge on any atom is 0.119 e. The van der Waals surface area contributed by atoms with E-state index in [1.165, 1.54) is 40.8 Å². The summed E-state index contributed by atoms with van der Waals surface area (Å²) < 4.78 is 11.5. The molecule has 0 amide bonds. The Morgan fingerprint density at radius 3 is 2.61 bits per heavy atom. The third kappa shape index (κ3) is 6.54. The Hall–Kier alpha value is 0.0739. The predicted octanol–water partition coefficient (Wildman–Crippen LogP) is 6.34. The van der Waals surface area contributed by atoms with Gasteiger partial charge in [-0.1, -0.05) is 19.3 Å². The molecule has 1 aliphatic carbocycles. The van der Waals surface area contributed by atoms with Crippen molar-refractivity contribution in [1.82, 2.24) is 0 Å². The van der Waals surface area contributed by atoms with Crippen LogP contribution in [0.4, 0.5) is 0 Å². The Labute approximate surface area is 204 Å². The van der Waals surface area contributed by atoms with E-state index in [4.69, 9.17) is 21.1 Å². The molecular weight excluding hydrogens is 465 g/mol. The first-order chi connectivity index (χ1) is 13.1. The van der Waals surface area contributed by atoms with Gasteiger partial charge in [0.15, 0.2) is 0 Å². The molecule has 1 saturated carbocycles. The summed E-state index contributed by atoms with van der Waals surface area (Å²) >= 11 is 8.38. The van der Waals surface area contributed by atoms with Crippen LogP contribution in [0.25, 0.3) is 0 Å². The summed E-state index contributed by atoms with van der Waals surface area (Å²) in [7, 11) is 1.74. The van der Waals surface area contributed by atoms with Crippen LogP contribution in [0.15, 0.2) is 24.3 Å². The van der Waals surface area contributed by atoms with Gasteiger partial charge in [0.05, 0.1) is 13.2 Å². The van der Waals surface area contributed by atoms with Crippen LogP contribution >= 0.6 is 22.9 Å². The number of rotatable bonds is 9. The molecule has 0 saturated heterocycles. The Bertz CT molecular complexity index is 696. The minimum absolute atomic E-state index is 0. The number of alkyl halides is 1. The summed E-state index contributed by atoms with van der Waals surface area (Å²) in [6, 6.07) is 8.45. The standard InChI is InChI=1S/C23H30ClO2S.Y/c1-16-12-19(13-17(2)21(16)14-25-3)26-15-22-18(9-10-23(22)24)6-4-7-20-8-5-11-27-20;/h5,8,12-13,18,22-23H,4,6-7,9-10,14-15H2,1-3H3;/q-1;/t18-,22+,23?;/m0./s1. The molecule has 1 aliphatic rings. The molecule has 5 heteroatoms. The van der Waals surface area contributed by atoms with Crippen LogP contribution < -0.4 is 4.74 Å². The molecule has 0 spiro atoms. The number of methoxy groups -OCH3 is 1. The second kappa shape index (κ2) is 12.1. The molecule has 3 atom stereocenters. The van der Waals surface area contributed by atoms with E-state index in [1.807, 2.05) is 6.07 Å². The van der Waals surface area contributed by atoms with Crippen molar-refractivity contribution in [3.63, 3.8) is 0 Å². The largest absolute Gasteiger partial charge is 0.493 e. The SMILES string of the molecule is COCc1c(C)cc(OC[C@H]2C(Cl)CC[C@@H]2CCCc2cc[c-]s2)cc1C.[Y]. The van der Waals surface area contributed by atoms with Crippen LogP contribution in [-0.2, 0) is 50.5 Å². The van der Waals surface area contributed by atoms with Gasteiger partial charge in [-0.2, -0.15) is 6.07 Å². The Morgan fingerprint density at radius 2 is 1.96 bits per heavy atom. The van der Waals surface area contributed by atoms with Gasteiger partial charge in [0.2, 0.25) is 0 Å². The number of thiophene rings is 1. The quantitative estimate of drug-likeness (QED) is 0.299. The number of benzene rings is 1. The van der Waals surface area contributed by atoms with E-state index >= 15 is 0 Å². The van der Waals surface area contributed by atoms with Crippen LogP contribution in [-0.4, -0.2) is 19.1 Å². The van der Waals surface area contributed by atoms with Gasteiger partial charge in [0.25, 0.3) is 0 Å². The second-order valence-electron chi connectivity index (χ2n) is 7.71. The van der Waals surface area contributed by atoms with Gasteiger partial charge in [0, 0.05) is 51.1 Å². The summed E-state index contributed by atoms with van der Waals surface area (Å²) in [5.74, 6) is 2.07. The van der Waals surface area contributed by atoms with Crippen molar-refractivity contribution < 1.29 is 42.2 Å². The van der Waals surface area contributed by atoms with E-state index in [1.54, 1.807) is 18.4 Å². The van der Waals surface area contributed by atoms with Gasteiger partial charge in [-0.25, -0.2) is 6.07 Å². The van der Waals surface area contributed by atoms with Crippen LogP contribution in [0, 0.1) is 31.1 Å². The molecule has 1 radical (unpaired) electrons. The maximum atomic E-state index is 6.65. The summed E-state index contributed by atoms with van der Waals surface area (Å²) in [5.41, 5.74) is 3.71. The van der Waals surface area contributed by atoms with Crippen LogP contribution in [0.5, 0.6) is 5.75 Å². The van der Waals surface area contributed by atoms with Crippen molar-refractivity contribution in [3.8, 4) is 5.75 Å². The normalized spacial score (nSPS) is 21.5. The molecule has 28 heavy (non-hydrogen) atoms. The summed E-state index contributed by atoms with van der Waals surface area (Å²) in [4.78, 5) is 1.44. The van der Waals surface area contributed by atoms with Gasteiger partial charge < -0.3 is 20.8 Å². The molecule has 1 fully saturated rings. The summed E-state index contributed by atoms with van der Waals surface area (Å²) in [6.45, 7) is 5.61. The summed E-state index contributed by atoms with van der Waals surface area (Å²) in [6.07, 6.45) is 5.95. The Kier molecular flexibility index (Phi) is 10.5. The van der Waals surface area contributed by atoms with Crippen molar-refractivity contribution >= 4 is 22.9 Å². The van der Waals surface area contributed by atoms with Crippen LogP contribution in [0.1, 0.15) is 47.3 Å². The molecule has 3 rings (SSSR count). The average molecular weight is 495 g/mol. The first kappa shape index (κ1) is 24.3. The smallest absolute Gasteiger partial charge is 0.119 e. The third-order valence-electron chi connectivity index (χ3n) is 5.81. The first-order valence-electron chi connectivity index (χ1n) is 9.89. The number of aryl methyl sites for hydroxylation is 3. The molecular formula is C23H30ClO2SY-. The molecule has 1 unspecified atom stereocenters. The zero-order valence-electron chi connectivity index (χ0n) is 17.2. The summed E-state index contributed by atoms with van der Waals surface area (Å²) in [5, 5.41) is 3.41. The van der Waals surface area contributed by atoms with Gasteiger partial charge in [-0.15, -0.1) is 21.9 Å². The molecule has 1 aromatic heterocycles. The maximum absolute atomic E-state index is 6.65. The van der Waals surface area contributed by atoms with Crippen molar-refractivity contribution in [1.29, 1.82) is 0 Å². The molecule has 2 aromatic rings. The number of halogens is 1. The molecule has 151 valence electrons. The van der Waals surface area contributed by atoms with Crippen molar-refractivity contribution in [2.45, 2.75) is 57.9 Å². The minimum Gasteiger partial charge on any atom is -0.493 e. The van der Waals surface area contributed by atoms with E-state index in [0.29, 0.717) is 25.0 Å². The molecule has 1 aromatic carbocycles. The van der Waals surface area contributed by atoms with Crippen molar-refractivity contribution in [3.05, 3.63) is 51.2 Å². The number of hydrogen-bond acceptors (Lipinski definition) is 3. The number of hydrogen-bond donors (Lipinski definition) is 0. The van der Waals surface area contributed by atoms with Crippen LogP contribution in [0.3, 0.4) is 0 Å². The Balaban J connectivity index is 0.00000280. The molecule has 1 heterocycles. The van der Waals surface area contributed by atoms with Gasteiger partial charge in [-0.3, -0.25) is 0 Å². The Morgan fingerprint density at radius 1 is 1.21 bits per heavy atom. The van der Waals surface area contributed by atoms with Gasteiger partial charge in [-0.05, 0) is 61.4 Å². The number of ether oxygens (including phenoxy) is 2. The molecule has 0 aliphatic heterocycles. The zero-order chi connectivity index (χ0) is 19.2. The van der Waals surface area contributed by atoms with E-state index in [9.17, 15) is 0 Å². The monoisotopic (exact) mass is 494 g/mol. The van der Waals surface area contributed by atoms with Gasteiger partial charge in [0.1, 0.15) is 5.75 Å². The van der Waals surface area contributed by atoms with E-state index in [0.717, 1.165) is 18.6 Å². The minimum atomic E-state index is 0. The van der Waals surface area contributed by atoms with E-state index in [-0.39, 0.29) is 38.1 Å². The van der Waals surface area contributed by atoms with Crippen molar-refractivity contribution in [2.75, 3.05) is 13.7 Å². The van der Waals surface area contributed by atoms with Gasteiger partial charge >= 0.3 is 0 Å². The fraction of sp³-hybridized carbons (Fsp3) is 0.565. The fourth-order valence-corrected chi connectivity index (χ4v) is 5.32. The molecule has 0 bridgehead atoms. The second-order valence-corrected chi connectivity index (χ2v) is 9.23.